The number of amides is 1. The Balaban J connectivity index is 1.49. The normalized spacial score (nSPS) is 15.9. The van der Waals surface area contributed by atoms with Crippen LogP contribution in [0, 0.1) is 0 Å². The summed E-state index contributed by atoms with van der Waals surface area (Å²) in [6.45, 7) is 4.79. The van der Waals surface area contributed by atoms with Crippen LogP contribution in [0.15, 0.2) is 47.3 Å². The van der Waals surface area contributed by atoms with Crippen LogP contribution in [0.3, 0.4) is 0 Å². The molecule has 1 unspecified atom stereocenters. The fourth-order valence-electron chi connectivity index (χ4n) is 2.79. The van der Waals surface area contributed by atoms with Gasteiger partial charge in [0.15, 0.2) is 0 Å². The molecule has 1 N–H and O–H groups in total. The van der Waals surface area contributed by atoms with Crippen LogP contribution in [0.1, 0.15) is 12.5 Å². The molecule has 1 amide bonds. The molecular weight excluding hydrogens is 320 g/mol. The lowest BCUT2D eigenvalue weighted by Crippen LogP contribution is -2.51. The second kappa shape index (κ2) is 7.94. The van der Waals surface area contributed by atoms with E-state index in [2.05, 4.69) is 15.1 Å². The first kappa shape index (κ1) is 17.2. The zero-order valence-electron chi connectivity index (χ0n) is 14.2. The summed E-state index contributed by atoms with van der Waals surface area (Å²) in [4.78, 5) is 27.5. The molecule has 1 fully saturated rings. The molecule has 3 rings (SSSR count). The van der Waals surface area contributed by atoms with Crippen molar-refractivity contribution < 1.29 is 9.53 Å². The number of anilines is 1. The van der Waals surface area contributed by atoms with Gasteiger partial charge in [-0.1, -0.05) is 30.3 Å². The van der Waals surface area contributed by atoms with Gasteiger partial charge in [-0.25, -0.2) is 5.10 Å². The lowest BCUT2D eigenvalue weighted by atomic mass is 10.2. The third-order valence-corrected chi connectivity index (χ3v) is 4.27. The molecule has 132 valence electrons. The van der Waals surface area contributed by atoms with E-state index in [9.17, 15) is 9.59 Å². The van der Waals surface area contributed by atoms with Crippen LogP contribution < -0.4 is 10.5 Å². The number of hydrogen-bond donors (Lipinski definition) is 1. The number of nitrogens with one attached hydrogen (secondary N) is 1. The first-order chi connectivity index (χ1) is 12.1. The molecule has 1 aromatic carbocycles. The van der Waals surface area contributed by atoms with Gasteiger partial charge in [0.25, 0.3) is 11.5 Å². The average molecular weight is 342 g/mol. The van der Waals surface area contributed by atoms with Gasteiger partial charge in [0, 0.05) is 32.2 Å². The van der Waals surface area contributed by atoms with E-state index in [0.717, 1.165) is 11.4 Å². The number of aromatic nitrogens is 2. The zero-order valence-corrected chi connectivity index (χ0v) is 14.2. The molecule has 0 saturated carbocycles. The Hall–Kier alpha value is -2.67. The van der Waals surface area contributed by atoms with E-state index in [0.29, 0.717) is 32.8 Å². The molecule has 25 heavy (non-hydrogen) atoms. The average Bonchev–Trinajstić information content (AvgIpc) is 2.67. The Morgan fingerprint density at radius 3 is 2.52 bits per heavy atom. The fourth-order valence-corrected chi connectivity index (χ4v) is 2.79. The molecule has 2 heterocycles. The predicted octanol–water partition coefficient (Wildman–Crippen LogP) is 1.02. The van der Waals surface area contributed by atoms with Gasteiger partial charge in [0.1, 0.15) is 11.9 Å². The molecule has 0 spiro atoms. The van der Waals surface area contributed by atoms with Crippen molar-refractivity contribution in [2.45, 2.75) is 19.6 Å². The lowest BCUT2D eigenvalue weighted by molar-refractivity contribution is -0.143. The quantitative estimate of drug-likeness (QED) is 0.878. The van der Waals surface area contributed by atoms with Gasteiger partial charge in [-0.05, 0) is 18.6 Å². The molecule has 7 heteroatoms. The minimum absolute atomic E-state index is 0.00464. The van der Waals surface area contributed by atoms with Crippen molar-refractivity contribution in [2.24, 2.45) is 0 Å². The van der Waals surface area contributed by atoms with Gasteiger partial charge >= 0.3 is 0 Å². The van der Waals surface area contributed by atoms with Crippen LogP contribution in [0.5, 0.6) is 0 Å². The van der Waals surface area contributed by atoms with E-state index in [1.165, 1.54) is 6.07 Å². The Kier molecular flexibility index (Phi) is 5.45. The maximum absolute atomic E-state index is 12.5. The van der Waals surface area contributed by atoms with Gasteiger partial charge in [0.05, 0.1) is 6.61 Å². The van der Waals surface area contributed by atoms with Crippen LogP contribution in [-0.4, -0.2) is 53.3 Å². The molecule has 1 aromatic heterocycles. The highest BCUT2D eigenvalue weighted by Crippen LogP contribution is 2.13. The summed E-state index contributed by atoms with van der Waals surface area (Å²) in [6.07, 6.45) is -0.474. The van der Waals surface area contributed by atoms with E-state index in [1.807, 2.05) is 35.2 Å². The van der Waals surface area contributed by atoms with E-state index in [-0.39, 0.29) is 11.5 Å². The molecule has 1 saturated heterocycles. The highest BCUT2D eigenvalue weighted by atomic mass is 16.5. The summed E-state index contributed by atoms with van der Waals surface area (Å²) in [5.41, 5.74) is 0.832. The van der Waals surface area contributed by atoms with Crippen molar-refractivity contribution >= 4 is 11.7 Å². The van der Waals surface area contributed by atoms with Crippen molar-refractivity contribution in [3.05, 3.63) is 58.4 Å². The summed E-state index contributed by atoms with van der Waals surface area (Å²) in [5.74, 6) is 0.727. The van der Waals surface area contributed by atoms with E-state index in [1.54, 1.807) is 13.0 Å². The van der Waals surface area contributed by atoms with Crippen molar-refractivity contribution in [1.29, 1.82) is 0 Å². The zero-order chi connectivity index (χ0) is 17.6. The SMILES string of the molecule is CC(OCc1ccccc1)C(=O)N1CCN(c2ccc(=O)[nH]n2)CC1. The van der Waals surface area contributed by atoms with E-state index in [4.69, 9.17) is 4.74 Å². The third kappa shape index (κ3) is 4.45. The molecule has 1 aliphatic heterocycles. The van der Waals surface area contributed by atoms with Crippen LogP contribution in [0.25, 0.3) is 0 Å². The van der Waals surface area contributed by atoms with Gasteiger partial charge in [0.2, 0.25) is 0 Å². The number of carbonyl (C=O) groups is 1. The molecule has 0 aliphatic carbocycles. The molecule has 0 bridgehead atoms. The first-order valence-electron chi connectivity index (χ1n) is 8.38. The van der Waals surface area contributed by atoms with Crippen LogP contribution in [-0.2, 0) is 16.1 Å². The predicted molar refractivity (Wildman–Crippen MR) is 94.3 cm³/mol. The van der Waals surface area contributed by atoms with Crippen molar-refractivity contribution in [2.75, 3.05) is 31.1 Å². The number of carbonyl (C=O) groups excluding carboxylic acids is 1. The molecule has 7 nitrogen and oxygen atoms in total. The standard InChI is InChI=1S/C18H22N4O3/c1-14(25-13-15-5-3-2-4-6-15)18(24)22-11-9-21(10-12-22)16-7-8-17(23)20-19-16/h2-8,14H,9-13H2,1H3,(H,20,23). The highest BCUT2D eigenvalue weighted by molar-refractivity contribution is 5.80. The Labute approximate surface area is 146 Å². The molecule has 0 radical (unpaired) electrons. The van der Waals surface area contributed by atoms with Crippen molar-refractivity contribution in [3.8, 4) is 0 Å². The number of benzene rings is 1. The van der Waals surface area contributed by atoms with Crippen molar-refractivity contribution in [1.82, 2.24) is 15.1 Å². The smallest absolute Gasteiger partial charge is 0.264 e. The molecule has 1 aliphatic rings. The van der Waals surface area contributed by atoms with E-state index >= 15 is 0 Å². The van der Waals surface area contributed by atoms with Crippen molar-refractivity contribution in [3.63, 3.8) is 0 Å². The highest BCUT2D eigenvalue weighted by Gasteiger charge is 2.25. The van der Waals surface area contributed by atoms with Gasteiger partial charge < -0.3 is 14.5 Å². The number of ether oxygens (including phenoxy) is 1. The van der Waals surface area contributed by atoms with Crippen LogP contribution >= 0.6 is 0 Å². The van der Waals surface area contributed by atoms with Gasteiger partial charge in [-0.3, -0.25) is 9.59 Å². The Bertz CT molecular complexity index is 734. The van der Waals surface area contributed by atoms with Crippen LogP contribution in [0.4, 0.5) is 5.82 Å². The summed E-state index contributed by atoms with van der Waals surface area (Å²) in [6, 6.07) is 13.0. The number of hydrogen-bond acceptors (Lipinski definition) is 5. The Morgan fingerprint density at radius 1 is 1.16 bits per heavy atom. The summed E-state index contributed by atoms with van der Waals surface area (Å²) >= 11 is 0. The molecular formula is C18H22N4O3. The summed E-state index contributed by atoms with van der Waals surface area (Å²) < 4.78 is 5.71. The number of H-pyrrole nitrogens is 1. The Morgan fingerprint density at radius 2 is 1.88 bits per heavy atom. The summed E-state index contributed by atoms with van der Waals surface area (Å²) in [5, 5.41) is 6.46. The lowest BCUT2D eigenvalue weighted by Gasteiger charge is -2.36. The monoisotopic (exact) mass is 342 g/mol. The minimum atomic E-state index is -0.474. The second-order valence-corrected chi connectivity index (χ2v) is 6.03. The van der Waals surface area contributed by atoms with Crippen LogP contribution in [0.2, 0.25) is 0 Å². The minimum Gasteiger partial charge on any atom is -0.364 e. The number of nitrogens with zero attached hydrogens (tertiary/aromatic N) is 3. The number of aromatic amines is 1. The van der Waals surface area contributed by atoms with Gasteiger partial charge in [-0.15, -0.1) is 0 Å². The largest absolute Gasteiger partial charge is 0.364 e. The fraction of sp³-hybridized carbons (Fsp3) is 0.389. The maximum atomic E-state index is 12.5. The topological polar surface area (TPSA) is 78.5 Å². The molecule has 1 atom stereocenters. The third-order valence-electron chi connectivity index (χ3n) is 4.27. The molecule has 2 aromatic rings. The number of rotatable bonds is 5. The summed E-state index contributed by atoms with van der Waals surface area (Å²) in [7, 11) is 0. The first-order valence-corrected chi connectivity index (χ1v) is 8.38. The maximum Gasteiger partial charge on any atom is 0.264 e. The van der Waals surface area contributed by atoms with Gasteiger partial charge in [-0.2, -0.15) is 5.10 Å². The van der Waals surface area contributed by atoms with E-state index < -0.39 is 6.10 Å². The number of piperazine rings is 1. The second-order valence-electron chi connectivity index (χ2n) is 6.03.